The van der Waals surface area contributed by atoms with Crippen LogP contribution in [-0.4, -0.2) is 68.1 Å². The minimum Gasteiger partial charge on any atom is -0.474 e. The van der Waals surface area contributed by atoms with E-state index >= 15 is 0 Å². The Bertz CT molecular complexity index is 795. The van der Waals surface area contributed by atoms with Crippen molar-refractivity contribution < 1.29 is 147 Å². The van der Waals surface area contributed by atoms with E-state index in [9.17, 15) is 23.2 Å². The Morgan fingerprint density at radius 3 is 2.61 bits per heavy atom. The molecule has 161 valence electrons. The molecule has 0 aliphatic carbocycles. The summed E-state index contributed by atoms with van der Waals surface area (Å²) in [5, 5.41) is 16.5. The van der Waals surface area contributed by atoms with Crippen LogP contribution < -0.4 is 10.4 Å². The van der Waals surface area contributed by atoms with Crippen molar-refractivity contribution in [1.29, 1.82) is 0 Å². The molecule has 1 fully saturated rings. The summed E-state index contributed by atoms with van der Waals surface area (Å²) in [6.45, 7) is 3.36. The van der Waals surface area contributed by atoms with Crippen molar-refractivity contribution >= 4 is 41.1 Å². The van der Waals surface area contributed by atoms with Gasteiger partial charge in [0.25, 0.3) is 5.76 Å². The largest absolute Gasteiger partial charge is 0.474 e. The van der Waals surface area contributed by atoms with Crippen molar-refractivity contribution in [3.05, 3.63) is 24.2 Å². The van der Waals surface area contributed by atoms with Crippen LogP contribution in [0.4, 0.5) is 8.78 Å². The monoisotopic (exact) mass is 868 g/mol. The Morgan fingerprint density at radius 1 is 1.39 bits per heavy atom. The third-order valence-electron chi connectivity index (χ3n) is 3.48. The molecule has 0 spiro atoms. The van der Waals surface area contributed by atoms with Crippen LogP contribution >= 0.6 is 23.5 Å². The second-order valence-corrected chi connectivity index (χ2v) is 7.12. The van der Waals surface area contributed by atoms with Gasteiger partial charge in [-0.3, -0.25) is 15.1 Å². The Labute approximate surface area is 274 Å². The van der Waals surface area contributed by atoms with E-state index in [2.05, 4.69) is 32.9 Å². The molecule has 31 heavy (non-hydrogen) atoms. The Kier molecular flexibility index (Phi) is 18.4. The number of thioether (sulfide) groups is 2. The number of amides is 2. The number of halogens is 2. The number of fused-ring (bicyclic) bond motifs is 1. The molecular weight excluding hydrogens is 857 g/mol. The molecule has 2 aliphatic heterocycles. The second-order valence-electron chi connectivity index (χ2n) is 5.20. The number of Topliss-reactive ketones (excluding diaryl/α,β-unsaturated/α-hetero) is 1. The van der Waals surface area contributed by atoms with Crippen molar-refractivity contribution in [3.8, 4) is 0 Å². The number of aromatic nitrogens is 4. The van der Waals surface area contributed by atoms with Gasteiger partial charge in [-0.1, -0.05) is 23.0 Å². The molecule has 1 saturated heterocycles. The van der Waals surface area contributed by atoms with E-state index in [4.69, 9.17) is 4.74 Å². The maximum atomic E-state index is 12.3. The fraction of sp³-hybridized carbons (Fsp3) is 0.385. The molecule has 3 rings (SSSR count). The summed E-state index contributed by atoms with van der Waals surface area (Å²) in [5.74, 6) is -4.97. The van der Waals surface area contributed by atoms with E-state index in [1.165, 1.54) is 0 Å². The number of ketones is 1. The molecule has 2 aliphatic rings. The number of alkyl halides is 2. The van der Waals surface area contributed by atoms with Crippen LogP contribution in [0.5, 0.6) is 0 Å². The van der Waals surface area contributed by atoms with Crippen molar-refractivity contribution in [2.45, 2.75) is 17.1 Å². The Morgan fingerprint density at radius 2 is 2.06 bits per heavy atom. The van der Waals surface area contributed by atoms with Crippen molar-refractivity contribution in [1.82, 2.24) is 30.8 Å². The number of ether oxygens (including phenoxy) is 1. The summed E-state index contributed by atoms with van der Waals surface area (Å²) in [7, 11) is 0. The van der Waals surface area contributed by atoms with E-state index in [1.54, 1.807) is 0 Å². The summed E-state index contributed by atoms with van der Waals surface area (Å²) in [6, 6.07) is -0.104. The first-order valence-electron chi connectivity index (χ1n) is 7.30. The predicted octanol–water partition coefficient (Wildman–Crippen LogP) is -0.629. The number of carbonyl (C=O) groups is 3. The van der Waals surface area contributed by atoms with Gasteiger partial charge in [0.05, 0.1) is 23.4 Å². The second kappa shape index (κ2) is 16.4. The fourth-order valence-electron chi connectivity index (χ4n) is 2.43. The number of β-lactam (4-membered cyclic amide) rings is 1. The van der Waals surface area contributed by atoms with Crippen LogP contribution in [0.2, 0.25) is 0 Å². The number of tetrazole rings is 1. The molecule has 1 atom stereocenters. The molecule has 2 amide bonds. The first-order chi connectivity index (χ1) is 12.9. The van der Waals surface area contributed by atoms with Gasteiger partial charge >= 0.3 is 0 Å². The zero-order valence-electron chi connectivity index (χ0n) is 15.6. The normalized spacial score (nSPS) is 16.7. The third-order valence-corrected chi connectivity index (χ3v) is 5.07. The Hall–Kier alpha value is 1.68. The van der Waals surface area contributed by atoms with E-state index < -0.39 is 35.3 Å². The van der Waals surface area contributed by atoms with Gasteiger partial charge in [0.1, 0.15) is 0 Å². The molecule has 10 nitrogen and oxygen atoms in total. The van der Waals surface area contributed by atoms with Gasteiger partial charge in [0.15, 0.2) is 0 Å². The third kappa shape index (κ3) is 9.00. The van der Waals surface area contributed by atoms with E-state index in [-0.39, 0.29) is 155 Å². The summed E-state index contributed by atoms with van der Waals surface area (Å²) in [6.07, 6.45) is -0.967. The van der Waals surface area contributed by atoms with Crippen molar-refractivity contribution in [2.24, 2.45) is 0 Å². The van der Waals surface area contributed by atoms with Crippen LogP contribution in [-0.2, 0) is 138 Å². The van der Waals surface area contributed by atoms with Crippen molar-refractivity contribution in [3.63, 3.8) is 0 Å². The molecule has 0 saturated carbocycles. The van der Waals surface area contributed by atoms with Crippen LogP contribution in [0, 0.1) is 13.0 Å². The molecule has 3 radical (unpaired) electrons. The predicted molar refractivity (Wildman–Crippen MR) is 87.7 cm³/mol. The van der Waals surface area contributed by atoms with Gasteiger partial charge in [-0.25, -0.2) is 0 Å². The number of nitrogens with zero attached hydrogens (tertiary/aromatic N) is 5. The number of nitrogens with one attached hydrogen (secondary N) is 1. The number of allylic oxidation sites excluding steroid dienone is 1. The zero-order chi connectivity index (χ0) is 19.6. The fourth-order valence-corrected chi connectivity index (χ4v) is 3.49. The van der Waals surface area contributed by atoms with Crippen molar-refractivity contribution in [2.75, 3.05) is 18.1 Å². The quantitative estimate of drug-likeness (QED) is 0.205. The summed E-state index contributed by atoms with van der Waals surface area (Å²) >= 11 is 1.29. The number of hydrogen-bond donors (Lipinski definition) is 1. The van der Waals surface area contributed by atoms with Crippen LogP contribution in [0.15, 0.2) is 16.4 Å². The van der Waals surface area contributed by atoms with E-state index in [0.717, 1.165) is 16.7 Å². The van der Waals surface area contributed by atoms with Crippen LogP contribution in [0.1, 0.15) is 0 Å². The summed E-state index contributed by atoms with van der Waals surface area (Å²) in [5.41, 5.74) is 0.559. The SMILES string of the molecule is [CH2-]C(=O)C1=C(CSc2nnn[n-]2)COC2[C-](NC(=O)CSC(F)F)C(=O)N12.[W].[Y].[Y].[Y]. The molecule has 0 bridgehead atoms. The zero-order valence-corrected chi connectivity index (χ0v) is 28.6. The molecule has 1 N–H and O–H groups in total. The van der Waals surface area contributed by atoms with Gasteiger partial charge < -0.3 is 29.6 Å². The van der Waals surface area contributed by atoms with E-state index in [0.29, 0.717) is 10.7 Å². The standard InChI is InChI=1S/C13H12F2N6O4S2.W.3Y/c1-5(22)9-6(3-27-13-17-19-20-18-13)2-25-11-8(10(24)21(9)11)16-7(23)4-26-12(14)15;;;;/h11-12H,1-4H2,(H2,16,17,18,19,20,23);;;;/q-2;;;;/p-1. The summed E-state index contributed by atoms with van der Waals surface area (Å²) in [4.78, 5) is 37.0. The molecular formula is C13H11F2N6O4S2WY3-3. The van der Waals surface area contributed by atoms with Crippen LogP contribution in [0.25, 0.3) is 0 Å². The first kappa shape index (κ1) is 34.8. The topological polar surface area (TPSA) is 128 Å². The van der Waals surface area contributed by atoms with Gasteiger partial charge in [-0.2, -0.15) is 27.0 Å². The number of hydrogen-bond acceptors (Lipinski definition) is 9. The van der Waals surface area contributed by atoms with E-state index in [1.807, 2.05) is 0 Å². The minimum atomic E-state index is -2.70. The number of carbonyl (C=O) groups excluding carboxylic acids is 3. The first-order valence-corrected chi connectivity index (χ1v) is 9.33. The van der Waals surface area contributed by atoms with Crippen LogP contribution in [0.3, 0.4) is 0 Å². The molecule has 18 heteroatoms. The molecule has 1 aromatic rings. The molecule has 0 aromatic carbocycles. The minimum absolute atomic E-state index is 0. The maximum Gasteiger partial charge on any atom is 0.285 e. The van der Waals surface area contributed by atoms with Gasteiger partial charge in [-0.15, -0.1) is 11.8 Å². The molecule has 3 heterocycles. The average Bonchev–Trinajstić information content (AvgIpc) is 3.15. The van der Waals surface area contributed by atoms with Gasteiger partial charge in [-0.05, 0) is 0 Å². The van der Waals surface area contributed by atoms with Gasteiger partial charge in [0, 0.05) is 137 Å². The Balaban J connectivity index is 0. The molecule has 1 aromatic heterocycles. The van der Waals surface area contributed by atoms with Gasteiger partial charge in [0.2, 0.25) is 5.91 Å². The average molecular weight is 868 g/mol. The maximum absolute atomic E-state index is 12.3. The molecule has 1 unspecified atom stereocenters. The smallest absolute Gasteiger partial charge is 0.285 e. The number of rotatable bonds is 8. The summed E-state index contributed by atoms with van der Waals surface area (Å²) < 4.78 is 29.8.